The number of carbonyl (C=O) groups excluding carboxylic acids is 1. The Hall–Kier alpha value is -3.76. The average Bonchev–Trinajstić information content (AvgIpc) is 2.52. The van der Waals surface area contributed by atoms with Crippen molar-refractivity contribution in [3.63, 3.8) is 0 Å². The fraction of sp³-hybridized carbons (Fsp3) is 0.143. The number of amides is 1. The summed E-state index contributed by atoms with van der Waals surface area (Å²) >= 11 is 0. The Morgan fingerprint density at radius 3 is 2.80 bits per heavy atom. The first-order valence-corrected chi connectivity index (χ1v) is 6.88. The number of hydrogen-bond acceptors (Lipinski definition) is 7. The molecule has 11 nitrogen and oxygen atoms in total. The molecular weight excluding hydrogens is 334 g/mol. The lowest BCUT2D eigenvalue weighted by molar-refractivity contribution is -0.385. The molecule has 0 aliphatic carbocycles. The molecule has 3 N–H and O–H groups in total. The number of nitrogens with zero attached hydrogens (tertiary/aromatic N) is 2. The number of rotatable bonds is 6. The molecule has 0 saturated carbocycles. The van der Waals surface area contributed by atoms with Crippen LogP contribution in [0.4, 0.5) is 5.69 Å². The van der Waals surface area contributed by atoms with Gasteiger partial charge in [-0.15, -0.1) is 0 Å². The van der Waals surface area contributed by atoms with E-state index < -0.39 is 28.7 Å². The van der Waals surface area contributed by atoms with Gasteiger partial charge < -0.3 is 9.72 Å². The molecule has 0 bridgehead atoms. The summed E-state index contributed by atoms with van der Waals surface area (Å²) in [5.74, 6) is -0.730. The van der Waals surface area contributed by atoms with Crippen LogP contribution < -0.4 is 21.4 Å². The number of hydrazone groups is 1. The zero-order valence-corrected chi connectivity index (χ0v) is 12.9. The number of aryl methyl sites for hydroxylation is 1. The van der Waals surface area contributed by atoms with E-state index in [-0.39, 0.29) is 17.1 Å². The number of carbonyl (C=O) groups is 1. The van der Waals surface area contributed by atoms with Gasteiger partial charge in [-0.1, -0.05) is 6.07 Å². The first-order valence-electron chi connectivity index (χ1n) is 6.88. The zero-order valence-electron chi connectivity index (χ0n) is 12.9. The zero-order chi connectivity index (χ0) is 18.4. The van der Waals surface area contributed by atoms with Crippen LogP contribution in [-0.4, -0.2) is 33.6 Å². The summed E-state index contributed by atoms with van der Waals surface area (Å²) in [4.78, 5) is 48.4. The third-order valence-corrected chi connectivity index (χ3v) is 2.84. The van der Waals surface area contributed by atoms with Crippen molar-refractivity contribution in [1.29, 1.82) is 0 Å². The summed E-state index contributed by atoms with van der Waals surface area (Å²) in [6, 6.07) is 5.41. The van der Waals surface area contributed by atoms with Crippen LogP contribution in [0.2, 0.25) is 0 Å². The van der Waals surface area contributed by atoms with Crippen molar-refractivity contribution in [2.24, 2.45) is 5.10 Å². The maximum atomic E-state index is 11.6. The van der Waals surface area contributed by atoms with Gasteiger partial charge in [-0.05, 0) is 18.6 Å². The number of aromatic amines is 2. The molecule has 0 unspecified atom stereocenters. The van der Waals surface area contributed by atoms with Crippen LogP contribution in [0.15, 0.2) is 39.0 Å². The van der Waals surface area contributed by atoms with E-state index in [1.54, 1.807) is 13.0 Å². The molecule has 2 aromatic rings. The van der Waals surface area contributed by atoms with Crippen molar-refractivity contribution in [3.05, 3.63) is 66.5 Å². The van der Waals surface area contributed by atoms with E-state index in [0.29, 0.717) is 5.56 Å². The number of nitro benzene ring substituents is 1. The molecule has 0 fully saturated rings. The van der Waals surface area contributed by atoms with Crippen molar-refractivity contribution < 1.29 is 14.5 Å². The quantitative estimate of drug-likeness (QED) is 0.373. The standard InChI is InChI=1S/C14H13N5O6/c1-8-2-3-11(10(4-8)19(23)24)25-7-13(21)18-15-6-9-5-12(20)17-14(22)16-9/h2-6H,7H2,1H3,(H,18,21)(H2,16,17,20,22)/b15-6-. The summed E-state index contributed by atoms with van der Waals surface area (Å²) in [5, 5.41) is 14.5. The molecule has 1 aromatic heterocycles. The Kier molecular flexibility index (Phi) is 5.40. The van der Waals surface area contributed by atoms with Crippen molar-refractivity contribution in [1.82, 2.24) is 15.4 Å². The lowest BCUT2D eigenvalue weighted by atomic mass is 10.2. The van der Waals surface area contributed by atoms with Crippen molar-refractivity contribution in [3.8, 4) is 5.75 Å². The van der Waals surface area contributed by atoms with Gasteiger partial charge in [0.1, 0.15) is 0 Å². The average molecular weight is 347 g/mol. The minimum atomic E-state index is -0.713. The maximum Gasteiger partial charge on any atom is 0.326 e. The molecule has 0 spiro atoms. The highest BCUT2D eigenvalue weighted by Crippen LogP contribution is 2.27. The molecule has 130 valence electrons. The van der Waals surface area contributed by atoms with Gasteiger partial charge in [0.05, 0.1) is 16.8 Å². The first kappa shape index (κ1) is 17.6. The third-order valence-electron chi connectivity index (χ3n) is 2.84. The van der Waals surface area contributed by atoms with E-state index in [2.05, 4.69) is 15.5 Å². The second-order valence-electron chi connectivity index (χ2n) is 4.85. The molecule has 0 saturated heterocycles. The highest BCUT2D eigenvalue weighted by molar-refractivity contribution is 5.81. The van der Waals surface area contributed by atoms with Gasteiger partial charge in [0.25, 0.3) is 11.5 Å². The van der Waals surface area contributed by atoms with E-state index in [1.165, 1.54) is 12.1 Å². The van der Waals surface area contributed by atoms with E-state index in [1.807, 2.05) is 4.98 Å². The van der Waals surface area contributed by atoms with Crippen LogP contribution in [0.25, 0.3) is 0 Å². The molecule has 0 aliphatic rings. The molecule has 1 amide bonds. The fourth-order valence-electron chi connectivity index (χ4n) is 1.80. The molecule has 0 radical (unpaired) electrons. The van der Waals surface area contributed by atoms with E-state index in [0.717, 1.165) is 12.3 Å². The van der Waals surface area contributed by atoms with Crippen LogP contribution in [0.5, 0.6) is 5.75 Å². The Morgan fingerprint density at radius 2 is 2.12 bits per heavy atom. The normalized spacial score (nSPS) is 10.6. The van der Waals surface area contributed by atoms with Gasteiger partial charge >= 0.3 is 11.4 Å². The number of aromatic nitrogens is 2. The first-order chi connectivity index (χ1) is 11.8. The molecule has 0 atom stereocenters. The molecule has 25 heavy (non-hydrogen) atoms. The third kappa shape index (κ3) is 5.13. The van der Waals surface area contributed by atoms with Crippen LogP contribution in [-0.2, 0) is 4.79 Å². The number of hydrogen-bond donors (Lipinski definition) is 3. The molecule has 2 rings (SSSR count). The molecule has 0 aliphatic heterocycles. The second-order valence-corrected chi connectivity index (χ2v) is 4.85. The molecule has 1 heterocycles. The van der Waals surface area contributed by atoms with E-state index >= 15 is 0 Å². The predicted molar refractivity (Wildman–Crippen MR) is 86.7 cm³/mol. The molecule has 1 aromatic carbocycles. The lowest BCUT2D eigenvalue weighted by Crippen LogP contribution is -2.26. The minimum absolute atomic E-state index is 0.0475. The lowest BCUT2D eigenvalue weighted by Gasteiger charge is -2.06. The smallest absolute Gasteiger partial charge is 0.326 e. The van der Waals surface area contributed by atoms with Crippen molar-refractivity contribution in [2.75, 3.05) is 6.61 Å². The summed E-state index contributed by atoms with van der Waals surface area (Å²) in [6.07, 6.45) is 1.06. The summed E-state index contributed by atoms with van der Waals surface area (Å²) < 4.78 is 5.12. The summed E-state index contributed by atoms with van der Waals surface area (Å²) in [7, 11) is 0. The van der Waals surface area contributed by atoms with Crippen LogP contribution >= 0.6 is 0 Å². The van der Waals surface area contributed by atoms with Crippen molar-refractivity contribution >= 4 is 17.8 Å². The van der Waals surface area contributed by atoms with Crippen molar-refractivity contribution in [2.45, 2.75) is 6.92 Å². The monoisotopic (exact) mass is 347 g/mol. The van der Waals surface area contributed by atoms with Crippen LogP contribution in [0.1, 0.15) is 11.3 Å². The van der Waals surface area contributed by atoms with E-state index in [4.69, 9.17) is 4.74 Å². The van der Waals surface area contributed by atoms with Gasteiger partial charge in [-0.3, -0.25) is 24.7 Å². The van der Waals surface area contributed by atoms with Gasteiger partial charge in [0.15, 0.2) is 12.4 Å². The summed E-state index contributed by atoms with van der Waals surface area (Å²) in [5.41, 5.74) is 1.29. The number of H-pyrrole nitrogens is 2. The van der Waals surface area contributed by atoms with Crippen LogP contribution in [0.3, 0.4) is 0 Å². The predicted octanol–water partition coefficient (Wildman–Crippen LogP) is -0.191. The van der Waals surface area contributed by atoms with Gasteiger partial charge in [0.2, 0.25) is 0 Å². The number of ether oxygens (including phenoxy) is 1. The Balaban J connectivity index is 1.95. The molecular formula is C14H13N5O6. The minimum Gasteiger partial charge on any atom is -0.477 e. The molecule has 11 heteroatoms. The number of nitro groups is 1. The highest BCUT2D eigenvalue weighted by atomic mass is 16.6. The van der Waals surface area contributed by atoms with Gasteiger partial charge in [0, 0.05) is 12.1 Å². The van der Waals surface area contributed by atoms with Gasteiger partial charge in [-0.25, -0.2) is 10.2 Å². The highest BCUT2D eigenvalue weighted by Gasteiger charge is 2.16. The van der Waals surface area contributed by atoms with Gasteiger partial charge in [-0.2, -0.15) is 5.10 Å². The number of benzene rings is 1. The maximum absolute atomic E-state index is 11.6. The SMILES string of the molecule is Cc1ccc(OCC(=O)N/N=C\c2cc(=O)[nH]c(=O)[nH]2)c([N+](=O)[O-])c1. The Bertz CT molecular complexity index is 917. The topological polar surface area (TPSA) is 160 Å². The largest absolute Gasteiger partial charge is 0.477 e. The van der Waals surface area contributed by atoms with E-state index in [9.17, 15) is 24.5 Å². The second kappa shape index (κ2) is 7.68. The summed E-state index contributed by atoms with van der Waals surface area (Å²) in [6.45, 7) is 1.18. The number of nitrogens with one attached hydrogen (secondary N) is 3. The fourth-order valence-corrected chi connectivity index (χ4v) is 1.80. The Morgan fingerprint density at radius 1 is 1.36 bits per heavy atom. The van der Waals surface area contributed by atoms with Crippen LogP contribution in [0, 0.1) is 17.0 Å². The Labute approximate surface area is 139 Å².